The lowest BCUT2D eigenvalue weighted by Crippen LogP contribution is -2.43. The number of azo groups is 1. The lowest BCUT2D eigenvalue weighted by molar-refractivity contribution is -0.136. The number of carbonyl (C=O) groups excluding carboxylic acids is 1. The lowest BCUT2D eigenvalue weighted by Gasteiger charge is -2.09. The van der Waals surface area contributed by atoms with Gasteiger partial charge in [-0.3, -0.25) is 14.2 Å². The van der Waals surface area contributed by atoms with Gasteiger partial charge in [0.15, 0.2) is 5.69 Å². The quantitative estimate of drug-likeness (QED) is 0.372. The summed E-state index contributed by atoms with van der Waals surface area (Å²) in [5.41, 5.74) is 2.36. The Balaban J connectivity index is 2.22. The van der Waals surface area contributed by atoms with Crippen LogP contribution in [0.3, 0.4) is 0 Å². The first-order chi connectivity index (χ1) is 14.6. The molecule has 1 aromatic rings. The van der Waals surface area contributed by atoms with Gasteiger partial charge in [-0.2, -0.15) is 28.5 Å². The highest BCUT2D eigenvalue weighted by atomic mass is 19.4. The highest BCUT2D eigenvalue weighted by Gasteiger charge is 2.26. The smallest absolute Gasteiger partial charge is 0.287 e. The molecule has 1 aromatic heterocycles. The topological polar surface area (TPSA) is 98.7 Å². The van der Waals surface area contributed by atoms with Crippen LogP contribution in [0.2, 0.25) is 0 Å². The predicted molar refractivity (Wildman–Crippen MR) is 107 cm³/mol. The van der Waals surface area contributed by atoms with Crippen molar-refractivity contribution in [3.8, 4) is 0 Å². The molecule has 0 amide bonds. The molecular formula is C20H22F3N5O3. The maximum Gasteiger partial charge on any atom is 0.389 e. The lowest BCUT2D eigenvalue weighted by atomic mass is 10.0. The van der Waals surface area contributed by atoms with E-state index in [0.717, 1.165) is 21.9 Å². The molecule has 8 nitrogen and oxygen atoms in total. The Morgan fingerprint density at radius 2 is 2.03 bits per heavy atom. The molecule has 0 saturated carbocycles. The Kier molecular flexibility index (Phi) is 8.21. The molecule has 0 fully saturated rings. The van der Waals surface area contributed by atoms with E-state index in [9.17, 15) is 27.6 Å². The molecule has 0 N–H and O–H groups in total. The van der Waals surface area contributed by atoms with Crippen molar-refractivity contribution in [2.45, 2.75) is 38.9 Å². The number of rotatable bonds is 7. The van der Waals surface area contributed by atoms with Crippen LogP contribution in [0.1, 0.15) is 36.7 Å². The third-order valence-corrected chi connectivity index (χ3v) is 4.40. The summed E-state index contributed by atoms with van der Waals surface area (Å²) in [5, 5.41) is 11.6. The number of allylic oxidation sites excluding steroid dienone is 3. The summed E-state index contributed by atoms with van der Waals surface area (Å²) in [5.74, 6) is -0.748. The van der Waals surface area contributed by atoms with E-state index in [1.807, 2.05) is 13.0 Å². The molecule has 0 bridgehead atoms. The van der Waals surface area contributed by atoms with Gasteiger partial charge in [0.1, 0.15) is 0 Å². The molecule has 0 aromatic carbocycles. The van der Waals surface area contributed by atoms with Crippen LogP contribution in [0.15, 0.2) is 61.0 Å². The number of aromatic nitrogens is 3. The van der Waals surface area contributed by atoms with Crippen LogP contribution in [-0.2, 0) is 13.6 Å². The fourth-order valence-corrected chi connectivity index (χ4v) is 2.81. The number of carbonyl (C=O) groups is 1. The van der Waals surface area contributed by atoms with Gasteiger partial charge in [-0.1, -0.05) is 12.2 Å². The van der Waals surface area contributed by atoms with Gasteiger partial charge in [0, 0.05) is 25.6 Å². The van der Waals surface area contributed by atoms with E-state index in [2.05, 4.69) is 21.1 Å². The van der Waals surface area contributed by atoms with Gasteiger partial charge >= 0.3 is 11.9 Å². The molecule has 1 aliphatic rings. The summed E-state index contributed by atoms with van der Waals surface area (Å²) in [6, 6.07) is 0. The third kappa shape index (κ3) is 6.85. The van der Waals surface area contributed by atoms with Gasteiger partial charge in [-0.15, -0.1) is 5.73 Å². The van der Waals surface area contributed by atoms with E-state index in [0.29, 0.717) is 24.1 Å². The molecule has 2 rings (SSSR count). The Labute approximate surface area is 175 Å². The monoisotopic (exact) mass is 437 g/mol. The Bertz CT molecular complexity index is 1100. The minimum atomic E-state index is -4.41. The van der Waals surface area contributed by atoms with E-state index in [1.165, 1.54) is 13.1 Å². The largest absolute Gasteiger partial charge is 0.389 e. The van der Waals surface area contributed by atoms with Gasteiger partial charge < -0.3 is 0 Å². The molecule has 0 saturated heterocycles. The highest BCUT2D eigenvalue weighted by Crippen LogP contribution is 2.21. The van der Waals surface area contributed by atoms with Crippen LogP contribution in [0.25, 0.3) is 0 Å². The van der Waals surface area contributed by atoms with Crippen molar-refractivity contribution in [1.29, 1.82) is 0 Å². The molecule has 166 valence electrons. The maximum atomic E-state index is 12.5. The summed E-state index contributed by atoms with van der Waals surface area (Å²) >= 11 is 0. The number of halogens is 3. The first-order valence-electron chi connectivity index (χ1n) is 9.52. The highest BCUT2D eigenvalue weighted by molar-refractivity contribution is 6.02. The molecule has 31 heavy (non-hydrogen) atoms. The van der Waals surface area contributed by atoms with E-state index in [-0.39, 0.29) is 0 Å². The second kappa shape index (κ2) is 10.6. The minimum absolute atomic E-state index is 0.336. The SMILES string of the molecule is CC=C1CN=NCC=C=C1CC=CC(=O)c1nn(C)c(=O)n(CCCC(F)(F)F)c1=O. The molecule has 0 aliphatic carbocycles. The zero-order chi connectivity index (χ0) is 23.0. The van der Waals surface area contributed by atoms with Crippen molar-refractivity contribution in [2.24, 2.45) is 17.3 Å². The summed E-state index contributed by atoms with van der Waals surface area (Å²) in [6.07, 6.45) is 0.576. The van der Waals surface area contributed by atoms with E-state index in [4.69, 9.17) is 0 Å². The van der Waals surface area contributed by atoms with E-state index < -0.39 is 48.3 Å². The molecular weight excluding hydrogens is 415 g/mol. The number of hydrogen-bond donors (Lipinski definition) is 0. The molecule has 0 unspecified atom stereocenters. The number of nitrogens with zero attached hydrogens (tertiary/aromatic N) is 5. The standard InChI is InChI=1S/C20H22F3N5O3/c1-3-14-13-25-24-11-5-8-15(14)7-4-9-16(29)17-18(30)28(19(31)27(2)26-17)12-6-10-20(21,22)23/h3-5,9H,6-7,10-13H2,1-2H3. The van der Waals surface area contributed by atoms with Crippen LogP contribution >= 0.6 is 0 Å². The molecule has 2 heterocycles. The summed E-state index contributed by atoms with van der Waals surface area (Å²) in [7, 11) is 1.22. The van der Waals surface area contributed by atoms with Crippen LogP contribution in [0.5, 0.6) is 0 Å². The minimum Gasteiger partial charge on any atom is -0.287 e. The summed E-state index contributed by atoms with van der Waals surface area (Å²) in [6.45, 7) is 2.17. The van der Waals surface area contributed by atoms with E-state index in [1.54, 1.807) is 6.08 Å². The van der Waals surface area contributed by atoms with Crippen LogP contribution in [0.4, 0.5) is 13.2 Å². The molecule has 0 atom stereocenters. The van der Waals surface area contributed by atoms with Gasteiger partial charge in [0.25, 0.3) is 5.56 Å². The number of ketones is 1. The van der Waals surface area contributed by atoms with E-state index >= 15 is 0 Å². The average Bonchev–Trinajstić information content (AvgIpc) is 2.68. The fourth-order valence-electron chi connectivity index (χ4n) is 2.81. The van der Waals surface area contributed by atoms with Gasteiger partial charge in [0.2, 0.25) is 5.78 Å². The normalized spacial score (nSPS) is 15.9. The van der Waals surface area contributed by atoms with Crippen LogP contribution < -0.4 is 11.2 Å². The maximum absolute atomic E-state index is 12.5. The Morgan fingerprint density at radius 3 is 2.71 bits per heavy atom. The van der Waals surface area contributed by atoms with Gasteiger partial charge in [-0.25, -0.2) is 9.48 Å². The number of hydrogen-bond acceptors (Lipinski definition) is 6. The van der Waals surface area contributed by atoms with Crippen molar-refractivity contribution in [1.82, 2.24) is 14.3 Å². The second-order valence-corrected chi connectivity index (χ2v) is 6.67. The fraction of sp³-hybridized carbons (Fsp3) is 0.450. The summed E-state index contributed by atoms with van der Waals surface area (Å²) in [4.78, 5) is 37.1. The zero-order valence-corrected chi connectivity index (χ0v) is 17.1. The third-order valence-electron chi connectivity index (χ3n) is 4.40. The predicted octanol–water partition coefficient (Wildman–Crippen LogP) is 2.91. The van der Waals surface area contributed by atoms with Gasteiger partial charge in [0.05, 0.1) is 13.1 Å². The zero-order valence-electron chi connectivity index (χ0n) is 17.1. The van der Waals surface area contributed by atoms with Crippen LogP contribution in [0, 0.1) is 0 Å². The van der Waals surface area contributed by atoms with Crippen molar-refractivity contribution >= 4 is 5.78 Å². The van der Waals surface area contributed by atoms with Crippen molar-refractivity contribution < 1.29 is 18.0 Å². The first-order valence-corrected chi connectivity index (χ1v) is 9.52. The van der Waals surface area contributed by atoms with Crippen molar-refractivity contribution in [3.63, 3.8) is 0 Å². The average molecular weight is 437 g/mol. The van der Waals surface area contributed by atoms with Gasteiger partial charge in [-0.05, 0) is 37.5 Å². The molecule has 1 aliphatic heterocycles. The second-order valence-electron chi connectivity index (χ2n) is 6.67. The van der Waals surface area contributed by atoms with Crippen LogP contribution in [-0.4, -0.2) is 39.4 Å². The van der Waals surface area contributed by atoms with Crippen molar-refractivity contribution in [2.75, 3.05) is 13.1 Å². The Morgan fingerprint density at radius 1 is 1.29 bits per heavy atom. The molecule has 0 radical (unpaired) electrons. The number of aryl methyl sites for hydroxylation is 1. The first kappa shape index (κ1) is 23.9. The molecule has 0 spiro atoms. The molecule has 11 heteroatoms. The Hall–Kier alpha value is -3.33. The van der Waals surface area contributed by atoms with Crippen molar-refractivity contribution in [3.05, 3.63) is 67.7 Å². The summed E-state index contributed by atoms with van der Waals surface area (Å²) < 4.78 is 38.5. The number of alkyl halides is 3.